The van der Waals surface area contributed by atoms with Crippen LogP contribution in [0.15, 0.2) is 77.3 Å². The summed E-state index contributed by atoms with van der Waals surface area (Å²) in [6, 6.07) is 18.4. The van der Waals surface area contributed by atoms with Crippen molar-refractivity contribution in [3.05, 3.63) is 88.7 Å². The summed E-state index contributed by atoms with van der Waals surface area (Å²) in [5.41, 5.74) is 3.21. The molecule has 0 aliphatic heterocycles. The number of allylic oxidation sites excluding steroid dienone is 4. The van der Waals surface area contributed by atoms with Crippen LogP contribution < -0.4 is 0 Å². The smallest absolute Gasteiger partial charge is 0.163 e. The molecule has 1 atom stereocenters. The highest BCUT2D eigenvalue weighted by Gasteiger charge is 2.10. The van der Waals surface area contributed by atoms with Crippen molar-refractivity contribution in [1.29, 1.82) is 0 Å². The zero-order valence-corrected chi connectivity index (χ0v) is 17.3. The lowest BCUT2D eigenvalue weighted by atomic mass is 9.98. The van der Waals surface area contributed by atoms with Gasteiger partial charge in [-0.05, 0) is 25.5 Å². The first kappa shape index (κ1) is 19.2. The van der Waals surface area contributed by atoms with E-state index >= 15 is 0 Å². The molecule has 4 heteroatoms. The Bertz CT molecular complexity index is 978. The van der Waals surface area contributed by atoms with E-state index in [1.54, 1.807) is 0 Å². The third-order valence-corrected chi connectivity index (χ3v) is 4.71. The Balaban J connectivity index is 1.98. The Morgan fingerprint density at radius 2 is 1.59 bits per heavy atom. The lowest BCUT2D eigenvalue weighted by Crippen LogP contribution is -2.00. The van der Waals surface area contributed by atoms with Gasteiger partial charge in [-0.15, -0.1) is 0 Å². The Morgan fingerprint density at radius 1 is 0.926 bits per heavy atom. The third-order valence-electron chi connectivity index (χ3n) is 4.18. The highest BCUT2D eigenvalue weighted by atomic mass is 79.9. The first-order valence-corrected chi connectivity index (χ1v) is 9.74. The maximum Gasteiger partial charge on any atom is 0.163 e. The second-order valence-electron chi connectivity index (χ2n) is 6.36. The molecule has 0 N–H and O–H groups in total. The minimum absolute atomic E-state index is 0.270. The van der Waals surface area contributed by atoms with Crippen molar-refractivity contribution in [2.75, 3.05) is 0 Å². The molecule has 0 spiro atoms. The van der Waals surface area contributed by atoms with Gasteiger partial charge in [-0.2, -0.15) is 0 Å². The van der Waals surface area contributed by atoms with Gasteiger partial charge in [0.25, 0.3) is 0 Å². The zero-order valence-electron chi connectivity index (χ0n) is 15.7. The van der Waals surface area contributed by atoms with Gasteiger partial charge in [0.1, 0.15) is 5.82 Å². The minimum atomic E-state index is 0.270. The summed E-state index contributed by atoms with van der Waals surface area (Å²) in [5, 5.41) is 0. The average molecular weight is 420 g/mol. The van der Waals surface area contributed by atoms with Gasteiger partial charge in [0.15, 0.2) is 11.6 Å². The Kier molecular flexibility index (Phi) is 6.30. The van der Waals surface area contributed by atoms with Crippen molar-refractivity contribution >= 4 is 15.9 Å². The van der Waals surface area contributed by atoms with Crippen molar-refractivity contribution < 1.29 is 0 Å². The predicted molar refractivity (Wildman–Crippen MR) is 116 cm³/mol. The van der Waals surface area contributed by atoms with Crippen molar-refractivity contribution in [2.45, 2.75) is 26.7 Å². The molecule has 3 nitrogen and oxygen atoms in total. The molecule has 136 valence electrons. The van der Waals surface area contributed by atoms with Crippen LogP contribution in [0.5, 0.6) is 0 Å². The standard InChI is InChI=1S/C23H22BrN3/c1-4-9-21(24)14-16(2)19-12-8-13-20(15-19)23-26-17(3)25-22(27-23)18-10-6-5-7-11-18/h4-16H,1-3H3/b9-4-,21-14+. The number of aromatic nitrogens is 3. The van der Waals surface area contributed by atoms with Gasteiger partial charge < -0.3 is 0 Å². The number of nitrogens with zero attached hydrogens (tertiary/aromatic N) is 3. The van der Waals surface area contributed by atoms with Crippen molar-refractivity contribution in [2.24, 2.45) is 0 Å². The molecular weight excluding hydrogens is 398 g/mol. The number of rotatable bonds is 5. The maximum atomic E-state index is 4.71. The first-order chi connectivity index (χ1) is 13.1. The topological polar surface area (TPSA) is 38.7 Å². The molecular formula is C23H22BrN3. The predicted octanol–water partition coefficient (Wildman–Crippen LogP) is 6.47. The van der Waals surface area contributed by atoms with E-state index in [0.29, 0.717) is 17.5 Å². The van der Waals surface area contributed by atoms with E-state index in [-0.39, 0.29) is 5.92 Å². The SMILES string of the molecule is C/C=C\C(Br)=C/C(C)c1cccc(-c2nc(C)nc(-c3ccccc3)n2)c1. The quantitative estimate of drug-likeness (QED) is 0.444. The monoisotopic (exact) mass is 419 g/mol. The molecule has 3 aromatic rings. The largest absolute Gasteiger partial charge is 0.213 e. The fourth-order valence-electron chi connectivity index (χ4n) is 2.84. The van der Waals surface area contributed by atoms with Crippen LogP contribution >= 0.6 is 15.9 Å². The minimum Gasteiger partial charge on any atom is -0.213 e. The maximum absolute atomic E-state index is 4.71. The molecule has 0 radical (unpaired) electrons. The third kappa shape index (κ3) is 4.98. The van der Waals surface area contributed by atoms with Gasteiger partial charge in [-0.1, -0.05) is 89.6 Å². The number of hydrogen-bond acceptors (Lipinski definition) is 3. The summed E-state index contributed by atoms with van der Waals surface area (Å²) in [4.78, 5) is 13.8. The summed E-state index contributed by atoms with van der Waals surface area (Å²) >= 11 is 3.59. The van der Waals surface area contributed by atoms with Gasteiger partial charge in [0.05, 0.1) is 0 Å². The first-order valence-electron chi connectivity index (χ1n) is 8.95. The number of aryl methyl sites for hydroxylation is 1. The summed E-state index contributed by atoms with van der Waals surface area (Å²) in [5.74, 6) is 2.39. The van der Waals surface area contributed by atoms with E-state index in [9.17, 15) is 0 Å². The van der Waals surface area contributed by atoms with Crippen molar-refractivity contribution in [3.63, 3.8) is 0 Å². The van der Waals surface area contributed by atoms with Crippen LogP contribution in [0, 0.1) is 6.92 Å². The van der Waals surface area contributed by atoms with Crippen LogP contribution in [0.3, 0.4) is 0 Å². The van der Waals surface area contributed by atoms with E-state index in [4.69, 9.17) is 4.98 Å². The van der Waals surface area contributed by atoms with Crippen LogP contribution in [-0.2, 0) is 0 Å². The molecule has 0 saturated carbocycles. The molecule has 1 heterocycles. The molecule has 2 aromatic carbocycles. The van der Waals surface area contributed by atoms with Gasteiger partial charge in [-0.25, -0.2) is 15.0 Å². The molecule has 3 rings (SSSR count). The Labute approximate surface area is 169 Å². The number of hydrogen-bond donors (Lipinski definition) is 0. The lowest BCUT2D eigenvalue weighted by Gasteiger charge is -2.10. The number of benzene rings is 2. The Hall–Kier alpha value is -2.59. The molecule has 27 heavy (non-hydrogen) atoms. The van der Waals surface area contributed by atoms with E-state index in [1.807, 2.05) is 62.4 Å². The average Bonchev–Trinajstić information content (AvgIpc) is 2.68. The summed E-state index contributed by atoms with van der Waals surface area (Å²) in [7, 11) is 0. The molecule has 1 unspecified atom stereocenters. The van der Waals surface area contributed by atoms with Crippen LogP contribution in [-0.4, -0.2) is 15.0 Å². The highest BCUT2D eigenvalue weighted by Crippen LogP contribution is 2.26. The second-order valence-corrected chi connectivity index (χ2v) is 7.28. The molecule has 0 saturated heterocycles. The van der Waals surface area contributed by atoms with E-state index in [2.05, 4.69) is 57.1 Å². The zero-order chi connectivity index (χ0) is 19.2. The second kappa shape index (κ2) is 8.87. The normalized spacial score (nSPS) is 13.1. The lowest BCUT2D eigenvalue weighted by molar-refractivity contribution is 0.961. The molecule has 1 aromatic heterocycles. The highest BCUT2D eigenvalue weighted by molar-refractivity contribution is 9.11. The van der Waals surface area contributed by atoms with Gasteiger partial charge >= 0.3 is 0 Å². The van der Waals surface area contributed by atoms with Crippen LogP contribution in [0.1, 0.15) is 31.2 Å². The summed E-state index contributed by atoms with van der Waals surface area (Å²) < 4.78 is 1.07. The van der Waals surface area contributed by atoms with E-state index in [1.165, 1.54) is 5.56 Å². The van der Waals surface area contributed by atoms with Gasteiger partial charge in [0.2, 0.25) is 0 Å². The molecule has 0 fully saturated rings. The van der Waals surface area contributed by atoms with Crippen molar-refractivity contribution in [3.8, 4) is 22.8 Å². The fourth-order valence-corrected chi connectivity index (χ4v) is 3.50. The van der Waals surface area contributed by atoms with Gasteiger partial charge in [0, 0.05) is 21.5 Å². The van der Waals surface area contributed by atoms with Crippen LogP contribution in [0.4, 0.5) is 0 Å². The van der Waals surface area contributed by atoms with E-state index < -0.39 is 0 Å². The van der Waals surface area contributed by atoms with E-state index in [0.717, 1.165) is 15.6 Å². The summed E-state index contributed by atoms with van der Waals surface area (Å²) in [6.45, 7) is 6.09. The van der Waals surface area contributed by atoms with Crippen LogP contribution in [0.2, 0.25) is 0 Å². The number of halogens is 1. The summed E-state index contributed by atoms with van der Waals surface area (Å²) in [6.07, 6.45) is 6.25. The van der Waals surface area contributed by atoms with Crippen LogP contribution in [0.25, 0.3) is 22.8 Å². The van der Waals surface area contributed by atoms with Gasteiger partial charge in [-0.3, -0.25) is 0 Å². The molecule has 0 amide bonds. The fraction of sp³-hybridized carbons (Fsp3) is 0.174. The molecule has 0 aliphatic carbocycles. The Morgan fingerprint density at radius 3 is 2.30 bits per heavy atom. The molecule has 0 aliphatic rings. The molecule has 0 bridgehead atoms. The van der Waals surface area contributed by atoms with Crippen molar-refractivity contribution in [1.82, 2.24) is 15.0 Å².